The average Bonchev–Trinajstić information content (AvgIpc) is 2.76. The highest BCUT2D eigenvalue weighted by atomic mass is 16.3. The molecule has 1 amide bonds. The second-order valence-corrected chi connectivity index (χ2v) is 7.42. The lowest BCUT2D eigenvalue weighted by Crippen LogP contribution is -2.65. The molecule has 0 spiro atoms. The van der Waals surface area contributed by atoms with Crippen LogP contribution in [0.25, 0.3) is 11.3 Å². The van der Waals surface area contributed by atoms with Crippen molar-refractivity contribution < 1.29 is 9.90 Å². The van der Waals surface area contributed by atoms with E-state index in [9.17, 15) is 4.79 Å². The number of hydrogen-bond donors (Lipinski definition) is 2. The first-order valence-corrected chi connectivity index (χ1v) is 9.77. The Morgan fingerprint density at radius 3 is 2.28 bits per heavy atom. The molecule has 1 saturated heterocycles. The molecule has 1 aliphatic rings. The summed E-state index contributed by atoms with van der Waals surface area (Å²) in [5.74, 6) is 0.740. The molecule has 6 nitrogen and oxygen atoms in total. The van der Waals surface area contributed by atoms with Crippen LogP contribution in [0.1, 0.15) is 5.56 Å². The van der Waals surface area contributed by atoms with E-state index in [2.05, 4.69) is 20.4 Å². The molecule has 29 heavy (non-hydrogen) atoms. The van der Waals surface area contributed by atoms with Gasteiger partial charge in [0.25, 0.3) is 0 Å². The van der Waals surface area contributed by atoms with Crippen molar-refractivity contribution in [2.45, 2.75) is 6.42 Å². The Hall–Kier alpha value is -3.25. The fraction of sp³-hybridized carbons (Fsp3) is 0.261. The normalized spacial score (nSPS) is 14.9. The van der Waals surface area contributed by atoms with Gasteiger partial charge < -0.3 is 15.3 Å². The van der Waals surface area contributed by atoms with Crippen LogP contribution in [0.15, 0.2) is 72.8 Å². The van der Waals surface area contributed by atoms with Crippen molar-refractivity contribution >= 4 is 11.7 Å². The predicted molar refractivity (Wildman–Crippen MR) is 112 cm³/mol. The van der Waals surface area contributed by atoms with Gasteiger partial charge in [-0.2, -0.15) is 0 Å². The summed E-state index contributed by atoms with van der Waals surface area (Å²) in [7, 11) is 0. The third-order valence-corrected chi connectivity index (χ3v) is 5.30. The quantitative estimate of drug-likeness (QED) is 0.649. The van der Waals surface area contributed by atoms with Gasteiger partial charge in [0, 0.05) is 25.2 Å². The fourth-order valence-corrected chi connectivity index (χ4v) is 3.78. The van der Waals surface area contributed by atoms with Crippen LogP contribution >= 0.6 is 0 Å². The van der Waals surface area contributed by atoms with Crippen molar-refractivity contribution in [3.63, 3.8) is 0 Å². The third kappa shape index (κ3) is 4.12. The van der Waals surface area contributed by atoms with E-state index in [1.165, 1.54) is 0 Å². The van der Waals surface area contributed by atoms with Crippen LogP contribution in [0.5, 0.6) is 0 Å². The van der Waals surface area contributed by atoms with Gasteiger partial charge in [-0.3, -0.25) is 4.79 Å². The SMILES string of the molecule is O=C(NCCO)C1(Cc2ccccc2)CN(c2ccc(-c3ccccc3)nn2)C1. The maximum atomic E-state index is 12.8. The number of nitrogens with zero attached hydrogens (tertiary/aromatic N) is 3. The first-order valence-electron chi connectivity index (χ1n) is 9.77. The zero-order valence-corrected chi connectivity index (χ0v) is 16.2. The first-order chi connectivity index (χ1) is 14.2. The lowest BCUT2D eigenvalue weighted by Gasteiger charge is -2.49. The van der Waals surface area contributed by atoms with E-state index in [-0.39, 0.29) is 19.1 Å². The summed E-state index contributed by atoms with van der Waals surface area (Å²) in [6.07, 6.45) is 0.650. The Bertz CT molecular complexity index is 940. The zero-order valence-electron chi connectivity index (χ0n) is 16.2. The summed E-state index contributed by atoms with van der Waals surface area (Å²) in [6, 6.07) is 23.9. The van der Waals surface area contributed by atoms with Gasteiger partial charge in [0.15, 0.2) is 5.82 Å². The minimum atomic E-state index is -0.531. The largest absolute Gasteiger partial charge is 0.395 e. The Balaban J connectivity index is 1.49. The number of hydrogen-bond acceptors (Lipinski definition) is 5. The number of anilines is 1. The van der Waals surface area contributed by atoms with Gasteiger partial charge in [0.05, 0.1) is 17.7 Å². The monoisotopic (exact) mass is 388 g/mol. The van der Waals surface area contributed by atoms with Gasteiger partial charge >= 0.3 is 0 Å². The highest BCUT2D eigenvalue weighted by Gasteiger charge is 2.49. The van der Waals surface area contributed by atoms with Gasteiger partial charge in [-0.05, 0) is 24.1 Å². The standard InChI is InChI=1S/C23H24N4O2/c28-14-13-24-22(29)23(15-18-7-3-1-4-8-18)16-27(17-23)21-12-11-20(25-26-21)19-9-5-2-6-10-19/h1-12,28H,13-17H2,(H,24,29). The van der Waals surface area contributed by atoms with Crippen molar-refractivity contribution in [1.29, 1.82) is 0 Å². The average molecular weight is 388 g/mol. The van der Waals surface area contributed by atoms with Gasteiger partial charge in [-0.1, -0.05) is 60.7 Å². The maximum absolute atomic E-state index is 12.8. The minimum Gasteiger partial charge on any atom is -0.395 e. The molecule has 2 aromatic carbocycles. The number of aromatic nitrogens is 2. The molecule has 148 valence electrons. The minimum absolute atomic E-state index is 0.0273. The van der Waals surface area contributed by atoms with Crippen LogP contribution in [0.3, 0.4) is 0 Å². The number of aliphatic hydroxyl groups is 1. The molecular weight excluding hydrogens is 364 g/mol. The smallest absolute Gasteiger partial charge is 0.230 e. The van der Waals surface area contributed by atoms with Gasteiger partial charge in [-0.15, -0.1) is 10.2 Å². The zero-order chi connectivity index (χ0) is 20.1. The Kier molecular flexibility index (Phi) is 5.53. The first kappa shape index (κ1) is 19.1. The number of amides is 1. The van der Waals surface area contributed by atoms with Crippen LogP contribution in [0.4, 0.5) is 5.82 Å². The molecule has 4 rings (SSSR count). The van der Waals surface area contributed by atoms with Crippen LogP contribution < -0.4 is 10.2 Å². The van der Waals surface area contributed by atoms with Crippen LogP contribution in [0.2, 0.25) is 0 Å². The molecule has 2 heterocycles. The van der Waals surface area contributed by atoms with Crippen molar-refractivity contribution in [2.24, 2.45) is 5.41 Å². The molecule has 0 unspecified atom stereocenters. The van der Waals surface area contributed by atoms with Gasteiger partial charge in [-0.25, -0.2) is 0 Å². The summed E-state index contributed by atoms with van der Waals surface area (Å²) in [4.78, 5) is 14.9. The van der Waals surface area contributed by atoms with E-state index >= 15 is 0 Å². The number of carbonyl (C=O) groups excluding carboxylic acids is 1. The van der Waals surface area contributed by atoms with E-state index < -0.39 is 5.41 Å². The molecule has 1 aliphatic heterocycles. The Morgan fingerprint density at radius 2 is 1.66 bits per heavy atom. The summed E-state index contributed by atoms with van der Waals surface area (Å²) in [5.41, 5.74) is 2.44. The maximum Gasteiger partial charge on any atom is 0.230 e. The Labute approximate surface area is 170 Å². The molecule has 0 saturated carbocycles. The molecule has 3 aromatic rings. The van der Waals surface area contributed by atoms with E-state index in [0.717, 1.165) is 22.6 Å². The number of nitrogens with one attached hydrogen (secondary N) is 1. The highest BCUT2D eigenvalue weighted by molar-refractivity contribution is 5.86. The van der Waals surface area contributed by atoms with Crippen molar-refractivity contribution in [3.05, 3.63) is 78.4 Å². The van der Waals surface area contributed by atoms with Gasteiger partial charge in [0.2, 0.25) is 5.91 Å². The molecule has 0 bridgehead atoms. The summed E-state index contributed by atoms with van der Waals surface area (Å²) in [6.45, 7) is 1.33. The lowest BCUT2D eigenvalue weighted by molar-refractivity contribution is -0.132. The van der Waals surface area contributed by atoms with Crippen LogP contribution in [-0.2, 0) is 11.2 Å². The van der Waals surface area contributed by atoms with Gasteiger partial charge in [0.1, 0.15) is 0 Å². The topological polar surface area (TPSA) is 78.4 Å². The lowest BCUT2D eigenvalue weighted by atomic mass is 9.73. The second kappa shape index (κ2) is 8.41. The summed E-state index contributed by atoms with van der Waals surface area (Å²) in [5, 5.41) is 20.6. The number of aliphatic hydroxyl groups excluding tert-OH is 1. The highest BCUT2D eigenvalue weighted by Crippen LogP contribution is 2.37. The van der Waals surface area contributed by atoms with E-state index in [0.29, 0.717) is 19.5 Å². The molecule has 1 aromatic heterocycles. The second-order valence-electron chi connectivity index (χ2n) is 7.42. The number of rotatable bonds is 7. The number of benzene rings is 2. The van der Waals surface area contributed by atoms with E-state index in [4.69, 9.17) is 5.11 Å². The molecule has 0 aliphatic carbocycles. The van der Waals surface area contributed by atoms with E-state index in [1.54, 1.807) is 0 Å². The predicted octanol–water partition coefficient (Wildman–Crippen LogP) is 2.30. The van der Waals surface area contributed by atoms with Crippen LogP contribution in [0, 0.1) is 5.41 Å². The molecule has 0 atom stereocenters. The molecule has 0 radical (unpaired) electrons. The molecule has 1 fully saturated rings. The summed E-state index contributed by atoms with van der Waals surface area (Å²) < 4.78 is 0. The summed E-state index contributed by atoms with van der Waals surface area (Å²) >= 11 is 0. The van der Waals surface area contributed by atoms with Crippen molar-refractivity contribution in [2.75, 3.05) is 31.1 Å². The van der Waals surface area contributed by atoms with E-state index in [1.807, 2.05) is 72.8 Å². The fourth-order valence-electron chi connectivity index (χ4n) is 3.78. The molecule has 6 heteroatoms. The van der Waals surface area contributed by atoms with Crippen molar-refractivity contribution in [3.8, 4) is 11.3 Å². The van der Waals surface area contributed by atoms with Crippen LogP contribution in [-0.4, -0.2) is 47.5 Å². The third-order valence-electron chi connectivity index (χ3n) is 5.30. The van der Waals surface area contributed by atoms with Crippen molar-refractivity contribution in [1.82, 2.24) is 15.5 Å². The number of carbonyl (C=O) groups is 1. The molecular formula is C23H24N4O2. The molecule has 2 N–H and O–H groups in total. The Morgan fingerprint density at radius 1 is 0.966 bits per heavy atom.